The molecule has 0 bridgehead atoms. The average molecular weight is 209 g/mol. The maximum absolute atomic E-state index is 6.17. The van der Waals surface area contributed by atoms with E-state index in [1.165, 1.54) is 12.8 Å². The lowest BCUT2D eigenvalue weighted by atomic mass is 9.88. The van der Waals surface area contributed by atoms with Crippen LogP contribution >= 0.6 is 0 Å². The van der Waals surface area contributed by atoms with Gasteiger partial charge in [-0.25, -0.2) is 4.99 Å². The number of nitrogens with zero attached hydrogens (tertiary/aromatic N) is 1. The first-order chi connectivity index (χ1) is 7.18. The van der Waals surface area contributed by atoms with Crippen molar-refractivity contribution < 1.29 is 0 Å². The molecule has 1 atom stereocenters. The van der Waals surface area contributed by atoms with Crippen LogP contribution in [0.3, 0.4) is 0 Å². The number of hydrogen-bond acceptors (Lipinski definition) is 5. The van der Waals surface area contributed by atoms with Gasteiger partial charge in [-0.05, 0) is 44.3 Å². The van der Waals surface area contributed by atoms with Crippen molar-refractivity contribution in [1.29, 1.82) is 0 Å². The van der Waals surface area contributed by atoms with Crippen LogP contribution in [0.1, 0.15) is 19.3 Å². The maximum Gasteiger partial charge on any atom is 0.194 e. The maximum atomic E-state index is 6.17. The zero-order valence-electron chi connectivity index (χ0n) is 8.87. The molecule has 2 rings (SSSR count). The summed E-state index contributed by atoms with van der Waals surface area (Å²) < 4.78 is 0. The molecule has 2 heterocycles. The highest BCUT2D eigenvalue weighted by molar-refractivity contribution is 5.80. The molecule has 5 heteroatoms. The monoisotopic (exact) mass is 209 g/mol. The second-order valence-corrected chi connectivity index (χ2v) is 4.36. The van der Waals surface area contributed by atoms with Gasteiger partial charge in [-0.1, -0.05) is 0 Å². The third-order valence-corrected chi connectivity index (χ3v) is 3.01. The third-order valence-electron chi connectivity index (χ3n) is 3.01. The van der Waals surface area contributed by atoms with Gasteiger partial charge in [-0.15, -0.1) is 0 Å². The normalized spacial score (nSPS) is 32.2. The largest absolute Gasteiger partial charge is 0.370 e. The SMILES string of the molecule is NC1=NC(N)(CC2CCNCC2)C=CN1. The van der Waals surface area contributed by atoms with E-state index >= 15 is 0 Å². The molecule has 0 aromatic heterocycles. The fourth-order valence-corrected chi connectivity index (χ4v) is 2.23. The molecule has 15 heavy (non-hydrogen) atoms. The smallest absolute Gasteiger partial charge is 0.194 e. The summed E-state index contributed by atoms with van der Waals surface area (Å²) in [5.74, 6) is 1.06. The van der Waals surface area contributed by atoms with Gasteiger partial charge in [0, 0.05) is 6.20 Å². The summed E-state index contributed by atoms with van der Waals surface area (Å²) >= 11 is 0. The first-order valence-electron chi connectivity index (χ1n) is 5.47. The molecule has 84 valence electrons. The van der Waals surface area contributed by atoms with Crippen LogP contribution in [-0.4, -0.2) is 24.7 Å². The van der Waals surface area contributed by atoms with Gasteiger partial charge in [0.2, 0.25) is 0 Å². The van der Waals surface area contributed by atoms with E-state index in [1.807, 2.05) is 6.08 Å². The number of aliphatic imine (C=N–C) groups is 1. The lowest BCUT2D eigenvalue weighted by Crippen LogP contribution is -2.46. The Hall–Kier alpha value is -1.07. The van der Waals surface area contributed by atoms with E-state index in [-0.39, 0.29) is 0 Å². The Morgan fingerprint density at radius 3 is 2.87 bits per heavy atom. The predicted molar refractivity (Wildman–Crippen MR) is 61.0 cm³/mol. The third kappa shape index (κ3) is 2.70. The molecule has 1 unspecified atom stereocenters. The topological polar surface area (TPSA) is 88.5 Å². The minimum absolute atomic E-state index is 0.411. The molecule has 0 amide bonds. The molecule has 5 nitrogen and oxygen atoms in total. The second-order valence-electron chi connectivity index (χ2n) is 4.36. The predicted octanol–water partition coefficient (Wildman–Crippen LogP) is -0.537. The Morgan fingerprint density at radius 1 is 1.47 bits per heavy atom. The van der Waals surface area contributed by atoms with Crippen LogP contribution in [0.15, 0.2) is 17.3 Å². The van der Waals surface area contributed by atoms with Crippen LogP contribution in [0.2, 0.25) is 0 Å². The van der Waals surface area contributed by atoms with Crippen LogP contribution in [0.4, 0.5) is 0 Å². The second kappa shape index (κ2) is 4.20. The quantitative estimate of drug-likeness (QED) is 0.492. The Labute approximate surface area is 90.0 Å². The molecule has 0 aromatic carbocycles. The first-order valence-corrected chi connectivity index (χ1v) is 5.47. The molecule has 2 aliphatic heterocycles. The molecule has 1 fully saturated rings. The number of piperidine rings is 1. The van der Waals surface area contributed by atoms with Gasteiger partial charge in [0.1, 0.15) is 5.66 Å². The average Bonchev–Trinajstić information content (AvgIpc) is 2.18. The van der Waals surface area contributed by atoms with Crippen LogP contribution in [0, 0.1) is 5.92 Å². The molecule has 2 aliphatic rings. The van der Waals surface area contributed by atoms with Crippen molar-refractivity contribution in [2.24, 2.45) is 22.4 Å². The van der Waals surface area contributed by atoms with Gasteiger partial charge in [-0.3, -0.25) is 0 Å². The Morgan fingerprint density at radius 2 is 2.20 bits per heavy atom. The van der Waals surface area contributed by atoms with E-state index in [4.69, 9.17) is 11.5 Å². The number of hydrogen-bond donors (Lipinski definition) is 4. The van der Waals surface area contributed by atoms with Crippen molar-refractivity contribution in [3.63, 3.8) is 0 Å². The number of nitrogens with one attached hydrogen (secondary N) is 2. The van der Waals surface area contributed by atoms with Gasteiger partial charge in [0.25, 0.3) is 0 Å². The van der Waals surface area contributed by atoms with Crippen molar-refractivity contribution in [3.8, 4) is 0 Å². The van der Waals surface area contributed by atoms with Gasteiger partial charge in [0.05, 0.1) is 0 Å². The summed E-state index contributed by atoms with van der Waals surface area (Å²) in [6.45, 7) is 2.17. The molecule has 0 aromatic rings. The molecule has 0 saturated carbocycles. The standard InChI is InChI=1S/C10H19N5/c11-9-14-6-3-10(12,15-9)7-8-1-4-13-5-2-8/h3,6,8,13H,1-2,4-5,7,12H2,(H3,11,14,15). The molecular formula is C10H19N5. The van der Waals surface area contributed by atoms with E-state index in [1.54, 1.807) is 6.20 Å². The van der Waals surface area contributed by atoms with Gasteiger partial charge >= 0.3 is 0 Å². The van der Waals surface area contributed by atoms with Gasteiger partial charge < -0.3 is 22.1 Å². The van der Waals surface area contributed by atoms with Gasteiger partial charge in [0.15, 0.2) is 5.96 Å². The minimum Gasteiger partial charge on any atom is -0.370 e. The molecule has 0 radical (unpaired) electrons. The van der Waals surface area contributed by atoms with Crippen LogP contribution in [-0.2, 0) is 0 Å². The molecular weight excluding hydrogens is 190 g/mol. The number of rotatable bonds is 2. The summed E-state index contributed by atoms with van der Waals surface area (Å²) in [5, 5.41) is 6.17. The fourth-order valence-electron chi connectivity index (χ4n) is 2.23. The van der Waals surface area contributed by atoms with Crippen LogP contribution < -0.4 is 22.1 Å². The highest BCUT2D eigenvalue weighted by atomic mass is 15.2. The summed E-state index contributed by atoms with van der Waals surface area (Å²) in [6.07, 6.45) is 6.91. The zero-order chi connectivity index (χ0) is 10.7. The van der Waals surface area contributed by atoms with E-state index in [2.05, 4.69) is 15.6 Å². The fraction of sp³-hybridized carbons (Fsp3) is 0.700. The summed E-state index contributed by atoms with van der Waals surface area (Å²) in [7, 11) is 0. The van der Waals surface area contributed by atoms with Crippen LogP contribution in [0.5, 0.6) is 0 Å². The minimum atomic E-state index is -0.600. The highest BCUT2D eigenvalue weighted by Crippen LogP contribution is 2.25. The number of guanidine groups is 1. The summed E-state index contributed by atoms with van der Waals surface area (Å²) in [6, 6.07) is 0. The molecule has 0 spiro atoms. The van der Waals surface area contributed by atoms with E-state index in [0.29, 0.717) is 11.9 Å². The highest BCUT2D eigenvalue weighted by Gasteiger charge is 2.28. The van der Waals surface area contributed by atoms with E-state index in [9.17, 15) is 0 Å². The van der Waals surface area contributed by atoms with Gasteiger partial charge in [-0.2, -0.15) is 0 Å². The Balaban J connectivity index is 1.97. The first kappa shape index (κ1) is 10.4. The van der Waals surface area contributed by atoms with Crippen molar-refractivity contribution >= 4 is 5.96 Å². The summed E-state index contributed by atoms with van der Waals surface area (Å²) in [5.41, 5.74) is 11.2. The van der Waals surface area contributed by atoms with E-state index < -0.39 is 5.66 Å². The van der Waals surface area contributed by atoms with Crippen LogP contribution in [0.25, 0.3) is 0 Å². The van der Waals surface area contributed by atoms with Crippen molar-refractivity contribution in [2.45, 2.75) is 24.9 Å². The summed E-state index contributed by atoms with van der Waals surface area (Å²) in [4.78, 5) is 4.26. The zero-order valence-corrected chi connectivity index (χ0v) is 8.87. The Kier molecular flexibility index (Phi) is 2.93. The lowest BCUT2D eigenvalue weighted by molar-refractivity contribution is 0.301. The van der Waals surface area contributed by atoms with Crippen molar-refractivity contribution in [1.82, 2.24) is 10.6 Å². The molecule has 0 aliphatic carbocycles. The van der Waals surface area contributed by atoms with Crippen molar-refractivity contribution in [3.05, 3.63) is 12.3 Å². The Bertz CT molecular complexity index is 280. The number of nitrogens with two attached hydrogens (primary N) is 2. The molecule has 6 N–H and O–H groups in total. The lowest BCUT2D eigenvalue weighted by Gasteiger charge is -2.31. The van der Waals surface area contributed by atoms with Crippen molar-refractivity contribution in [2.75, 3.05) is 13.1 Å². The molecule has 1 saturated heterocycles. The van der Waals surface area contributed by atoms with E-state index in [0.717, 1.165) is 19.5 Å².